The molecule has 5 nitrogen and oxygen atoms in total. The number of rotatable bonds is 5. The Labute approximate surface area is 181 Å². The van der Waals surface area contributed by atoms with E-state index in [1.165, 1.54) is 16.9 Å². The summed E-state index contributed by atoms with van der Waals surface area (Å²) in [6, 6.07) is 6.06. The van der Waals surface area contributed by atoms with Crippen molar-refractivity contribution in [3.05, 3.63) is 40.3 Å². The number of carbonyl (C=O) groups excluding carboxylic acids is 2. The number of amides is 1. The lowest BCUT2D eigenvalue weighted by atomic mass is 9.92. The number of ether oxygens (including phenoxy) is 1. The zero-order valence-electron chi connectivity index (χ0n) is 17.8. The molecule has 1 aromatic carbocycles. The first kappa shape index (κ1) is 23.0. The van der Waals surface area contributed by atoms with Gasteiger partial charge in [0.25, 0.3) is 0 Å². The highest BCUT2D eigenvalue weighted by atomic mass is 32.1. The fourth-order valence-corrected chi connectivity index (χ4v) is 4.01. The molecule has 0 aliphatic carbocycles. The first-order valence-corrected chi connectivity index (χ1v) is 10.8. The number of anilines is 1. The second kappa shape index (κ2) is 9.50. The molecule has 0 atom stereocenters. The molecule has 29 heavy (non-hydrogen) atoms. The Kier molecular flexibility index (Phi) is 7.54. The third-order valence-corrected chi connectivity index (χ3v) is 5.36. The van der Waals surface area contributed by atoms with Crippen molar-refractivity contribution in [3.8, 4) is 11.1 Å². The van der Waals surface area contributed by atoms with Crippen LogP contribution in [-0.4, -0.2) is 23.6 Å². The Morgan fingerprint density at radius 3 is 2.45 bits per heavy atom. The number of hydrogen-bond donors (Lipinski definition) is 2. The lowest BCUT2D eigenvalue weighted by Gasteiger charge is -2.18. The predicted molar refractivity (Wildman–Crippen MR) is 124 cm³/mol. The van der Waals surface area contributed by atoms with Gasteiger partial charge in [-0.1, -0.05) is 39.0 Å². The van der Waals surface area contributed by atoms with E-state index in [4.69, 9.17) is 17.0 Å². The maximum Gasteiger partial charge on any atom is 0.341 e. The van der Waals surface area contributed by atoms with Crippen LogP contribution in [0.4, 0.5) is 5.00 Å². The van der Waals surface area contributed by atoms with E-state index in [0.29, 0.717) is 17.0 Å². The molecule has 0 radical (unpaired) electrons. The standard InChI is InChI=1S/C22H28N2O3S2/c1-7-27-20(26)18-16(15-9-8-13(2)14(3)10-15)12-29-19(18)24-21(28)23-17(25)11-22(4,5)6/h8-10,12H,7,11H2,1-6H3,(H2,23,24,25,28). The van der Waals surface area contributed by atoms with Crippen LogP contribution in [0.3, 0.4) is 0 Å². The highest BCUT2D eigenvalue weighted by Gasteiger charge is 2.23. The molecule has 2 aromatic rings. The van der Waals surface area contributed by atoms with Crippen LogP contribution >= 0.6 is 23.6 Å². The van der Waals surface area contributed by atoms with Crippen molar-refractivity contribution in [2.24, 2.45) is 5.41 Å². The van der Waals surface area contributed by atoms with Crippen LogP contribution < -0.4 is 10.6 Å². The van der Waals surface area contributed by atoms with Crippen LogP contribution in [-0.2, 0) is 9.53 Å². The Morgan fingerprint density at radius 2 is 1.86 bits per heavy atom. The van der Waals surface area contributed by atoms with Crippen LogP contribution in [0.15, 0.2) is 23.6 Å². The first-order valence-electron chi connectivity index (χ1n) is 9.49. The lowest BCUT2D eigenvalue weighted by molar-refractivity contribution is -0.121. The SMILES string of the molecule is CCOC(=O)c1c(-c2ccc(C)c(C)c2)csc1NC(=S)NC(=O)CC(C)(C)C. The van der Waals surface area contributed by atoms with Crippen LogP contribution in [0, 0.1) is 19.3 Å². The van der Waals surface area contributed by atoms with Gasteiger partial charge in [-0.2, -0.15) is 0 Å². The minimum absolute atomic E-state index is 0.144. The average molecular weight is 433 g/mol. The van der Waals surface area contributed by atoms with E-state index in [0.717, 1.165) is 16.7 Å². The van der Waals surface area contributed by atoms with Gasteiger partial charge in [-0.05, 0) is 55.1 Å². The summed E-state index contributed by atoms with van der Waals surface area (Å²) in [5.74, 6) is -0.591. The van der Waals surface area contributed by atoms with E-state index in [1.807, 2.05) is 58.2 Å². The molecule has 1 heterocycles. The third-order valence-electron chi connectivity index (χ3n) is 4.26. The van der Waals surface area contributed by atoms with Crippen LogP contribution in [0.1, 0.15) is 55.6 Å². The predicted octanol–water partition coefficient (Wildman–Crippen LogP) is 5.46. The molecule has 0 unspecified atom stereocenters. The van der Waals surface area contributed by atoms with Gasteiger partial charge in [0.05, 0.1) is 6.61 Å². The summed E-state index contributed by atoms with van der Waals surface area (Å²) in [6.45, 7) is 12.1. The summed E-state index contributed by atoms with van der Waals surface area (Å²) in [4.78, 5) is 24.8. The molecule has 2 N–H and O–H groups in total. The van der Waals surface area contributed by atoms with Gasteiger partial charge in [-0.15, -0.1) is 11.3 Å². The number of hydrogen-bond acceptors (Lipinski definition) is 5. The zero-order valence-corrected chi connectivity index (χ0v) is 19.4. The molecule has 0 fully saturated rings. The molecule has 7 heteroatoms. The fraction of sp³-hybridized carbons (Fsp3) is 0.409. The Hall–Kier alpha value is -2.25. The highest BCUT2D eigenvalue weighted by molar-refractivity contribution is 7.80. The monoisotopic (exact) mass is 432 g/mol. The normalized spacial score (nSPS) is 11.1. The number of esters is 1. The molecule has 1 amide bonds. The molecule has 0 aliphatic heterocycles. The van der Waals surface area contributed by atoms with E-state index in [9.17, 15) is 9.59 Å². The van der Waals surface area contributed by atoms with E-state index in [2.05, 4.69) is 10.6 Å². The quantitative estimate of drug-likeness (QED) is 0.485. The second-order valence-electron chi connectivity index (χ2n) is 8.11. The number of carbonyl (C=O) groups is 2. The van der Waals surface area contributed by atoms with Crippen LogP contribution in [0.2, 0.25) is 0 Å². The second-order valence-corrected chi connectivity index (χ2v) is 9.40. The highest BCUT2D eigenvalue weighted by Crippen LogP contribution is 2.37. The molecular formula is C22H28N2O3S2. The van der Waals surface area contributed by atoms with E-state index in [1.54, 1.807) is 6.92 Å². The minimum Gasteiger partial charge on any atom is -0.462 e. The van der Waals surface area contributed by atoms with E-state index < -0.39 is 5.97 Å². The fourth-order valence-electron chi connectivity index (χ4n) is 2.76. The molecule has 1 aromatic heterocycles. The molecule has 156 valence electrons. The summed E-state index contributed by atoms with van der Waals surface area (Å²) in [6.07, 6.45) is 0.345. The van der Waals surface area contributed by atoms with Crippen LogP contribution in [0.5, 0.6) is 0 Å². The van der Waals surface area contributed by atoms with Crippen molar-refractivity contribution in [1.82, 2.24) is 5.32 Å². The minimum atomic E-state index is -0.423. The maximum absolute atomic E-state index is 12.7. The summed E-state index contributed by atoms with van der Waals surface area (Å²) in [7, 11) is 0. The van der Waals surface area contributed by atoms with Crippen molar-refractivity contribution < 1.29 is 14.3 Å². The molecule has 0 saturated heterocycles. The number of aryl methyl sites for hydroxylation is 2. The van der Waals surface area contributed by atoms with Gasteiger partial charge < -0.3 is 15.4 Å². The van der Waals surface area contributed by atoms with Gasteiger partial charge in [-0.3, -0.25) is 4.79 Å². The molecule has 2 rings (SSSR count). The lowest BCUT2D eigenvalue weighted by Crippen LogP contribution is -2.36. The zero-order chi connectivity index (χ0) is 21.8. The largest absolute Gasteiger partial charge is 0.462 e. The molecule has 0 spiro atoms. The third kappa shape index (κ3) is 6.37. The molecular weight excluding hydrogens is 404 g/mol. The van der Waals surface area contributed by atoms with Gasteiger partial charge in [0.15, 0.2) is 5.11 Å². The van der Waals surface area contributed by atoms with Gasteiger partial charge in [0, 0.05) is 17.4 Å². The Morgan fingerprint density at radius 1 is 1.17 bits per heavy atom. The Bertz CT molecular complexity index is 927. The van der Waals surface area contributed by atoms with Gasteiger partial charge in [-0.25, -0.2) is 4.79 Å². The summed E-state index contributed by atoms with van der Waals surface area (Å²) < 4.78 is 5.27. The summed E-state index contributed by atoms with van der Waals surface area (Å²) in [5, 5.41) is 8.30. The summed E-state index contributed by atoms with van der Waals surface area (Å²) >= 11 is 6.64. The average Bonchev–Trinajstić information content (AvgIpc) is 2.99. The first-order chi connectivity index (χ1) is 13.5. The topological polar surface area (TPSA) is 67.4 Å². The van der Waals surface area contributed by atoms with Crippen molar-refractivity contribution >= 4 is 45.5 Å². The maximum atomic E-state index is 12.7. The van der Waals surface area contributed by atoms with Crippen molar-refractivity contribution in [3.63, 3.8) is 0 Å². The molecule has 0 bridgehead atoms. The number of nitrogens with one attached hydrogen (secondary N) is 2. The number of benzene rings is 1. The smallest absolute Gasteiger partial charge is 0.341 e. The van der Waals surface area contributed by atoms with Gasteiger partial charge in [0.1, 0.15) is 10.6 Å². The molecule has 0 saturated carbocycles. The van der Waals surface area contributed by atoms with Crippen LogP contribution in [0.25, 0.3) is 11.1 Å². The van der Waals surface area contributed by atoms with E-state index >= 15 is 0 Å². The van der Waals surface area contributed by atoms with Crippen molar-refractivity contribution in [2.75, 3.05) is 11.9 Å². The Balaban J connectivity index is 2.31. The van der Waals surface area contributed by atoms with Gasteiger partial charge in [0.2, 0.25) is 5.91 Å². The van der Waals surface area contributed by atoms with Crippen molar-refractivity contribution in [2.45, 2.75) is 48.0 Å². The summed E-state index contributed by atoms with van der Waals surface area (Å²) in [5.41, 5.74) is 4.32. The van der Waals surface area contributed by atoms with Gasteiger partial charge >= 0.3 is 5.97 Å². The van der Waals surface area contributed by atoms with Crippen molar-refractivity contribution in [1.29, 1.82) is 0 Å². The van der Waals surface area contributed by atoms with E-state index in [-0.39, 0.29) is 23.0 Å². The molecule has 0 aliphatic rings. The number of thiophene rings is 1. The number of thiocarbonyl (C=S) groups is 1.